The van der Waals surface area contributed by atoms with E-state index in [1.807, 2.05) is 31.2 Å². The van der Waals surface area contributed by atoms with E-state index >= 15 is 0 Å². The molecule has 200 valence electrons. The summed E-state index contributed by atoms with van der Waals surface area (Å²) in [7, 11) is 1.53. The molecule has 6 nitrogen and oxygen atoms in total. The monoisotopic (exact) mass is 522 g/mol. The molecule has 0 saturated carbocycles. The summed E-state index contributed by atoms with van der Waals surface area (Å²) in [5.74, 6) is -2.47. The van der Waals surface area contributed by atoms with Crippen molar-refractivity contribution in [3.63, 3.8) is 0 Å². The number of methoxy groups -OCH3 is 1. The van der Waals surface area contributed by atoms with Gasteiger partial charge in [-0.25, -0.2) is 8.78 Å². The maximum absolute atomic E-state index is 14.5. The second-order valence-corrected chi connectivity index (χ2v) is 9.42. The van der Waals surface area contributed by atoms with Crippen molar-refractivity contribution in [2.75, 3.05) is 20.3 Å². The van der Waals surface area contributed by atoms with Gasteiger partial charge in [0, 0.05) is 24.3 Å². The van der Waals surface area contributed by atoms with Gasteiger partial charge in [0.05, 0.1) is 26.2 Å². The van der Waals surface area contributed by atoms with Crippen LogP contribution in [0.1, 0.15) is 41.1 Å². The number of halogens is 2. The first-order valence-electron chi connectivity index (χ1n) is 12.7. The first kappa shape index (κ1) is 27.3. The van der Waals surface area contributed by atoms with Gasteiger partial charge in [0.2, 0.25) is 11.8 Å². The molecule has 1 fully saturated rings. The molecule has 0 spiro atoms. The van der Waals surface area contributed by atoms with Gasteiger partial charge in [-0.1, -0.05) is 60.2 Å². The molecule has 3 aromatic rings. The average molecular weight is 523 g/mol. The summed E-state index contributed by atoms with van der Waals surface area (Å²) in [6, 6.07) is 17.2. The number of hydrogen-bond donors (Lipinski definition) is 1. The van der Waals surface area contributed by atoms with E-state index in [4.69, 9.17) is 9.47 Å². The lowest BCUT2D eigenvalue weighted by Gasteiger charge is -2.32. The Morgan fingerprint density at radius 3 is 2.50 bits per heavy atom. The summed E-state index contributed by atoms with van der Waals surface area (Å²) in [5.41, 5.74) is 2.19. The number of hydrogen-bond acceptors (Lipinski definition) is 4. The Balaban J connectivity index is 1.72. The number of carbonyl (C=O) groups excluding carboxylic acids is 2. The number of aryl methyl sites for hydroxylation is 1. The molecule has 1 N–H and O–H groups in total. The largest absolute Gasteiger partial charge is 0.496 e. The number of benzene rings is 3. The van der Waals surface area contributed by atoms with Crippen LogP contribution < -0.4 is 10.1 Å². The van der Waals surface area contributed by atoms with Gasteiger partial charge in [0.1, 0.15) is 11.8 Å². The van der Waals surface area contributed by atoms with Gasteiger partial charge < -0.3 is 19.7 Å². The average Bonchev–Trinajstić information content (AvgIpc) is 3.45. The second kappa shape index (κ2) is 12.6. The predicted octanol–water partition coefficient (Wildman–Crippen LogP) is 4.89. The molecular formula is C30H32F2N2O4. The Morgan fingerprint density at radius 1 is 1.05 bits per heavy atom. The number of ether oxygens (including phenoxy) is 2. The fourth-order valence-electron chi connectivity index (χ4n) is 4.63. The number of para-hydroxylation sites is 1. The Labute approximate surface area is 221 Å². The summed E-state index contributed by atoms with van der Waals surface area (Å²) in [4.78, 5) is 28.9. The topological polar surface area (TPSA) is 67.9 Å². The van der Waals surface area contributed by atoms with Crippen molar-refractivity contribution in [3.05, 3.63) is 101 Å². The molecule has 1 aliphatic rings. The third-order valence-corrected chi connectivity index (χ3v) is 6.71. The Morgan fingerprint density at radius 2 is 1.79 bits per heavy atom. The van der Waals surface area contributed by atoms with Crippen molar-refractivity contribution in [2.24, 2.45) is 0 Å². The van der Waals surface area contributed by atoms with Crippen LogP contribution in [0.25, 0.3) is 0 Å². The molecule has 1 heterocycles. The molecule has 2 atom stereocenters. The maximum Gasteiger partial charge on any atom is 0.247 e. The van der Waals surface area contributed by atoms with Crippen molar-refractivity contribution in [2.45, 2.75) is 44.9 Å². The maximum atomic E-state index is 14.5. The van der Waals surface area contributed by atoms with Crippen LogP contribution in [0, 0.1) is 18.6 Å². The molecule has 0 unspecified atom stereocenters. The molecule has 2 amide bonds. The molecule has 0 radical (unpaired) electrons. The van der Waals surface area contributed by atoms with Gasteiger partial charge in [-0.2, -0.15) is 0 Å². The molecule has 38 heavy (non-hydrogen) atoms. The third-order valence-electron chi connectivity index (χ3n) is 6.71. The van der Waals surface area contributed by atoms with Gasteiger partial charge in [0.25, 0.3) is 0 Å². The molecule has 0 bridgehead atoms. The minimum atomic E-state index is -1.08. The highest BCUT2D eigenvalue weighted by molar-refractivity contribution is 5.89. The molecule has 4 rings (SSSR count). The zero-order chi connectivity index (χ0) is 27.1. The lowest BCUT2D eigenvalue weighted by molar-refractivity contribution is -0.141. The molecular weight excluding hydrogens is 490 g/mol. The van der Waals surface area contributed by atoms with Crippen molar-refractivity contribution in [3.8, 4) is 5.75 Å². The molecule has 0 aromatic heterocycles. The van der Waals surface area contributed by atoms with Gasteiger partial charge in [0.15, 0.2) is 11.6 Å². The predicted molar refractivity (Wildman–Crippen MR) is 140 cm³/mol. The van der Waals surface area contributed by atoms with Crippen LogP contribution in [0.4, 0.5) is 8.78 Å². The fourth-order valence-corrected chi connectivity index (χ4v) is 4.63. The minimum Gasteiger partial charge on any atom is -0.496 e. The summed E-state index contributed by atoms with van der Waals surface area (Å²) >= 11 is 0. The molecule has 0 aliphatic carbocycles. The number of nitrogens with zero attached hydrogens (tertiary/aromatic N) is 1. The van der Waals surface area contributed by atoms with Gasteiger partial charge in [-0.05, 0) is 37.5 Å². The molecule has 3 aromatic carbocycles. The highest BCUT2D eigenvalue weighted by Crippen LogP contribution is 2.29. The van der Waals surface area contributed by atoms with Crippen molar-refractivity contribution in [1.29, 1.82) is 0 Å². The Bertz CT molecular complexity index is 1260. The van der Waals surface area contributed by atoms with Crippen LogP contribution in [-0.2, 0) is 27.3 Å². The van der Waals surface area contributed by atoms with Gasteiger partial charge in [-0.15, -0.1) is 0 Å². The second-order valence-electron chi connectivity index (χ2n) is 9.42. The fraction of sp³-hybridized carbons (Fsp3) is 0.333. The van der Waals surface area contributed by atoms with E-state index in [9.17, 15) is 18.4 Å². The highest BCUT2D eigenvalue weighted by atomic mass is 19.2. The van der Waals surface area contributed by atoms with Crippen LogP contribution >= 0.6 is 0 Å². The van der Waals surface area contributed by atoms with Crippen LogP contribution in [0.5, 0.6) is 5.75 Å². The van der Waals surface area contributed by atoms with E-state index in [1.165, 1.54) is 24.1 Å². The van der Waals surface area contributed by atoms with Gasteiger partial charge in [-0.3, -0.25) is 9.59 Å². The van der Waals surface area contributed by atoms with E-state index in [0.29, 0.717) is 30.0 Å². The third kappa shape index (κ3) is 6.55. The van der Waals surface area contributed by atoms with Crippen LogP contribution in [0.15, 0.2) is 66.7 Å². The first-order chi connectivity index (χ1) is 18.4. The number of nitrogens with one attached hydrogen (secondary N) is 1. The Kier molecular flexibility index (Phi) is 9.07. The summed E-state index contributed by atoms with van der Waals surface area (Å²) in [6.07, 6.45) is 1.27. The minimum absolute atomic E-state index is 0.0195. The molecule has 1 aliphatic heterocycles. The van der Waals surface area contributed by atoms with E-state index < -0.39 is 30.0 Å². The van der Waals surface area contributed by atoms with Crippen molar-refractivity contribution >= 4 is 11.8 Å². The zero-order valence-electron chi connectivity index (χ0n) is 21.6. The van der Waals surface area contributed by atoms with Crippen molar-refractivity contribution < 1.29 is 27.8 Å². The quantitative estimate of drug-likeness (QED) is 0.412. The molecule has 1 saturated heterocycles. The van der Waals surface area contributed by atoms with E-state index in [0.717, 1.165) is 24.5 Å². The number of amides is 2. The standard InChI is InChI=1S/C30H32F2N2O4/c1-20-12-14-21(15-13-20)29(30(36)33-18-24-9-6-16-38-24)34(19-23-7-3-4-11-26(23)37-2)27(35)17-22-8-5-10-25(31)28(22)32/h3-5,7-8,10-15,24,29H,6,9,16-19H2,1-2H3,(H,33,36)/t24-,29-/m1/s1. The SMILES string of the molecule is COc1ccccc1CN(C(=O)Cc1cccc(F)c1F)[C@@H](C(=O)NC[C@H]1CCCO1)c1ccc(C)cc1. The molecule has 8 heteroatoms. The lowest BCUT2D eigenvalue weighted by Crippen LogP contribution is -2.45. The van der Waals surface area contributed by atoms with E-state index in [2.05, 4.69) is 5.32 Å². The van der Waals surface area contributed by atoms with E-state index in [-0.39, 0.29) is 24.1 Å². The normalized spacial score (nSPS) is 15.6. The van der Waals surface area contributed by atoms with Crippen LogP contribution in [0.3, 0.4) is 0 Å². The summed E-state index contributed by atoms with van der Waals surface area (Å²) in [6.45, 7) is 2.92. The van der Waals surface area contributed by atoms with Crippen LogP contribution in [0.2, 0.25) is 0 Å². The summed E-state index contributed by atoms with van der Waals surface area (Å²) in [5, 5.41) is 2.95. The van der Waals surface area contributed by atoms with Crippen molar-refractivity contribution in [1.82, 2.24) is 10.2 Å². The van der Waals surface area contributed by atoms with Crippen LogP contribution in [-0.4, -0.2) is 43.1 Å². The number of carbonyl (C=O) groups is 2. The first-order valence-corrected chi connectivity index (χ1v) is 12.7. The lowest BCUT2D eigenvalue weighted by atomic mass is 10.00. The van der Waals surface area contributed by atoms with E-state index in [1.54, 1.807) is 24.3 Å². The summed E-state index contributed by atoms with van der Waals surface area (Å²) < 4.78 is 39.6. The Hall–Kier alpha value is -3.78. The smallest absolute Gasteiger partial charge is 0.247 e. The van der Waals surface area contributed by atoms with Gasteiger partial charge >= 0.3 is 0 Å². The highest BCUT2D eigenvalue weighted by Gasteiger charge is 2.33. The number of rotatable bonds is 10. The zero-order valence-corrected chi connectivity index (χ0v) is 21.6.